The molecule has 0 radical (unpaired) electrons. The third-order valence-corrected chi connectivity index (χ3v) is 5.87. The summed E-state index contributed by atoms with van der Waals surface area (Å²) in [4.78, 5) is 29.4. The molecule has 0 spiro atoms. The van der Waals surface area contributed by atoms with Gasteiger partial charge in [0.2, 0.25) is 5.91 Å². The highest BCUT2D eigenvalue weighted by atomic mass is 19.1. The van der Waals surface area contributed by atoms with Gasteiger partial charge in [0, 0.05) is 44.2 Å². The molecule has 0 aromatic rings. The number of carbonyl (C=O) groups excluding carboxylic acids is 2. The van der Waals surface area contributed by atoms with Crippen LogP contribution in [-0.4, -0.2) is 90.5 Å². The van der Waals surface area contributed by atoms with E-state index in [2.05, 4.69) is 4.90 Å². The minimum absolute atomic E-state index is 0.0225. The molecular weight excluding hydrogens is 341 g/mol. The van der Waals surface area contributed by atoms with Gasteiger partial charge in [-0.25, -0.2) is 9.18 Å². The number of cyclic esters (lactones) is 1. The maximum atomic E-state index is 14.8. The van der Waals surface area contributed by atoms with Crippen LogP contribution in [0.4, 0.5) is 9.18 Å². The molecule has 8 heteroatoms. The van der Waals surface area contributed by atoms with Gasteiger partial charge in [-0.05, 0) is 12.8 Å². The predicted octanol–water partition coefficient (Wildman–Crippen LogP) is 1.14. The molecule has 0 N–H and O–H groups in total. The molecule has 3 unspecified atom stereocenters. The number of nitrogens with zero attached hydrogens (tertiary/aromatic N) is 3. The third-order valence-electron chi connectivity index (χ3n) is 5.87. The summed E-state index contributed by atoms with van der Waals surface area (Å²) in [5.41, 5.74) is 0. The quantitative estimate of drug-likeness (QED) is 0.746. The second kappa shape index (κ2) is 7.52. The second-order valence-electron chi connectivity index (χ2n) is 7.49. The third kappa shape index (κ3) is 3.57. The highest BCUT2D eigenvalue weighted by Gasteiger charge is 2.42. The zero-order valence-electron chi connectivity index (χ0n) is 14.9. The van der Waals surface area contributed by atoms with E-state index in [0.717, 1.165) is 25.9 Å². The van der Waals surface area contributed by atoms with Crippen molar-refractivity contribution in [2.45, 2.75) is 50.0 Å². The van der Waals surface area contributed by atoms with E-state index in [1.54, 1.807) is 22.1 Å². The van der Waals surface area contributed by atoms with Crippen LogP contribution in [0.25, 0.3) is 0 Å². The van der Waals surface area contributed by atoms with Crippen molar-refractivity contribution >= 4 is 12.0 Å². The fourth-order valence-corrected chi connectivity index (χ4v) is 4.48. The first-order valence-corrected chi connectivity index (χ1v) is 9.51. The summed E-state index contributed by atoms with van der Waals surface area (Å²) in [5.74, 6) is 0.0225. The van der Waals surface area contributed by atoms with Crippen molar-refractivity contribution in [3.63, 3.8) is 0 Å². The molecule has 4 rings (SSSR count). The number of amides is 2. The van der Waals surface area contributed by atoms with Gasteiger partial charge in [0.15, 0.2) is 0 Å². The largest absolute Gasteiger partial charge is 0.442 e. The van der Waals surface area contributed by atoms with Crippen LogP contribution >= 0.6 is 0 Å². The molecule has 2 saturated heterocycles. The summed E-state index contributed by atoms with van der Waals surface area (Å²) in [7, 11) is 0. The minimum atomic E-state index is -0.943. The Balaban J connectivity index is 1.31. The smallest absolute Gasteiger partial charge is 0.410 e. The number of ether oxygens (including phenoxy) is 2. The van der Waals surface area contributed by atoms with E-state index in [-0.39, 0.29) is 30.2 Å². The summed E-state index contributed by atoms with van der Waals surface area (Å²) in [5, 5.41) is 0. The van der Waals surface area contributed by atoms with Crippen molar-refractivity contribution in [1.82, 2.24) is 14.7 Å². The molecule has 7 nitrogen and oxygen atoms in total. The van der Waals surface area contributed by atoms with Gasteiger partial charge in [-0.3, -0.25) is 9.69 Å². The molecule has 0 aromatic carbocycles. The molecular formula is C18H26FN3O4. The summed E-state index contributed by atoms with van der Waals surface area (Å²) in [6, 6.07) is -0.193. The van der Waals surface area contributed by atoms with Gasteiger partial charge >= 0.3 is 6.09 Å². The number of rotatable bonds is 4. The average molecular weight is 367 g/mol. The van der Waals surface area contributed by atoms with Crippen LogP contribution in [0.3, 0.4) is 0 Å². The molecule has 2 amide bonds. The van der Waals surface area contributed by atoms with Gasteiger partial charge < -0.3 is 19.3 Å². The summed E-state index contributed by atoms with van der Waals surface area (Å²) in [6.07, 6.45) is 4.16. The predicted molar refractivity (Wildman–Crippen MR) is 91.2 cm³/mol. The second-order valence-corrected chi connectivity index (χ2v) is 7.49. The van der Waals surface area contributed by atoms with Gasteiger partial charge in [-0.1, -0.05) is 6.08 Å². The van der Waals surface area contributed by atoms with E-state index in [9.17, 15) is 14.0 Å². The SMILES string of the molecule is O=C1CC=CN1C[C@H]1CN(C2CCC(N3CCOCC3)C(F)C2)C(=O)O1. The van der Waals surface area contributed by atoms with Crippen molar-refractivity contribution in [3.8, 4) is 0 Å². The number of morpholine rings is 1. The highest BCUT2D eigenvalue weighted by Crippen LogP contribution is 2.32. The normalized spacial score (nSPS) is 36.0. The Labute approximate surface area is 152 Å². The Hall–Kier alpha value is -1.67. The molecule has 0 aromatic heterocycles. The first-order chi connectivity index (χ1) is 12.6. The fourth-order valence-electron chi connectivity index (χ4n) is 4.48. The van der Waals surface area contributed by atoms with Crippen LogP contribution in [-0.2, 0) is 14.3 Å². The molecule has 1 saturated carbocycles. The Bertz CT molecular complexity index is 581. The lowest BCUT2D eigenvalue weighted by Gasteiger charge is -2.42. The topological polar surface area (TPSA) is 62.3 Å². The zero-order valence-corrected chi connectivity index (χ0v) is 14.9. The monoisotopic (exact) mass is 367 g/mol. The maximum absolute atomic E-state index is 14.8. The Kier molecular flexibility index (Phi) is 5.13. The van der Waals surface area contributed by atoms with Gasteiger partial charge in [0.25, 0.3) is 0 Å². The van der Waals surface area contributed by atoms with Crippen molar-refractivity contribution in [1.29, 1.82) is 0 Å². The lowest BCUT2D eigenvalue weighted by atomic mass is 9.87. The van der Waals surface area contributed by atoms with E-state index in [1.807, 2.05) is 0 Å². The Morgan fingerprint density at radius 3 is 2.69 bits per heavy atom. The lowest BCUT2D eigenvalue weighted by molar-refractivity contribution is -0.127. The van der Waals surface area contributed by atoms with Crippen LogP contribution in [0, 0.1) is 0 Å². The van der Waals surface area contributed by atoms with Crippen LogP contribution < -0.4 is 0 Å². The number of hydrogen-bond donors (Lipinski definition) is 0. The van der Waals surface area contributed by atoms with Gasteiger partial charge in [-0.15, -0.1) is 0 Å². The summed E-state index contributed by atoms with van der Waals surface area (Å²) in [6.45, 7) is 3.69. The standard InChI is InChI=1S/C18H26FN3O4/c19-15-10-13(3-4-16(15)20-6-8-25-9-7-20)22-12-14(26-18(22)24)11-21-5-1-2-17(21)23/h1,5,13-16H,2-4,6-12H2/t13?,14-,15?,16?/m0/s1. The van der Waals surface area contributed by atoms with E-state index >= 15 is 0 Å². The first-order valence-electron chi connectivity index (χ1n) is 9.51. The molecule has 4 aliphatic rings. The van der Waals surface area contributed by atoms with Crippen molar-refractivity contribution < 1.29 is 23.5 Å². The average Bonchev–Trinajstić information content (AvgIpc) is 3.21. The van der Waals surface area contributed by atoms with Gasteiger partial charge in [0.1, 0.15) is 12.3 Å². The van der Waals surface area contributed by atoms with Gasteiger partial charge in [0.05, 0.1) is 26.3 Å². The maximum Gasteiger partial charge on any atom is 0.410 e. The Morgan fingerprint density at radius 2 is 2.00 bits per heavy atom. The van der Waals surface area contributed by atoms with E-state index < -0.39 is 6.17 Å². The number of carbonyl (C=O) groups is 2. The molecule has 144 valence electrons. The van der Waals surface area contributed by atoms with E-state index in [1.165, 1.54) is 0 Å². The van der Waals surface area contributed by atoms with Crippen LogP contribution in [0.15, 0.2) is 12.3 Å². The number of alkyl halides is 1. The molecule has 0 bridgehead atoms. The molecule has 3 aliphatic heterocycles. The van der Waals surface area contributed by atoms with Gasteiger partial charge in [-0.2, -0.15) is 0 Å². The fraction of sp³-hybridized carbons (Fsp3) is 0.778. The first kappa shape index (κ1) is 17.7. The number of hydrogen-bond acceptors (Lipinski definition) is 5. The minimum Gasteiger partial charge on any atom is -0.442 e. The molecule has 3 fully saturated rings. The lowest BCUT2D eigenvalue weighted by Crippen LogP contribution is -2.53. The van der Waals surface area contributed by atoms with Crippen LogP contribution in [0.2, 0.25) is 0 Å². The molecule has 3 heterocycles. The van der Waals surface area contributed by atoms with E-state index in [4.69, 9.17) is 9.47 Å². The number of halogens is 1. The molecule has 1 aliphatic carbocycles. The summed E-state index contributed by atoms with van der Waals surface area (Å²) >= 11 is 0. The molecule has 4 atom stereocenters. The van der Waals surface area contributed by atoms with Crippen LogP contribution in [0.1, 0.15) is 25.7 Å². The van der Waals surface area contributed by atoms with Crippen molar-refractivity contribution in [3.05, 3.63) is 12.3 Å². The van der Waals surface area contributed by atoms with E-state index in [0.29, 0.717) is 39.1 Å². The van der Waals surface area contributed by atoms with Crippen LogP contribution in [0.5, 0.6) is 0 Å². The van der Waals surface area contributed by atoms with Crippen molar-refractivity contribution in [2.75, 3.05) is 39.4 Å². The summed E-state index contributed by atoms with van der Waals surface area (Å²) < 4.78 is 25.6. The molecule has 26 heavy (non-hydrogen) atoms. The highest BCUT2D eigenvalue weighted by molar-refractivity contribution is 5.81. The zero-order chi connectivity index (χ0) is 18.1. The van der Waals surface area contributed by atoms with Crippen molar-refractivity contribution in [2.24, 2.45) is 0 Å². The Morgan fingerprint density at radius 1 is 1.19 bits per heavy atom.